The van der Waals surface area contributed by atoms with Crippen molar-refractivity contribution >= 4 is 5.97 Å². The summed E-state index contributed by atoms with van der Waals surface area (Å²) < 4.78 is 1.51. The highest BCUT2D eigenvalue weighted by Crippen LogP contribution is 2.03. The molecule has 1 aromatic heterocycles. The molecule has 1 heterocycles. The van der Waals surface area contributed by atoms with Gasteiger partial charge in [0.1, 0.15) is 5.69 Å². The zero-order chi connectivity index (χ0) is 9.14. The van der Waals surface area contributed by atoms with Crippen LogP contribution in [0.3, 0.4) is 0 Å². The third-order valence-electron chi connectivity index (χ3n) is 1.47. The first-order chi connectivity index (χ1) is 5.61. The molecule has 0 fully saturated rings. The van der Waals surface area contributed by atoms with Crippen LogP contribution in [0.2, 0.25) is 0 Å². The molecule has 0 bridgehead atoms. The second-order valence-corrected chi connectivity index (χ2v) is 3.10. The van der Waals surface area contributed by atoms with Gasteiger partial charge in [0, 0.05) is 12.7 Å². The molecule has 0 aliphatic rings. The van der Waals surface area contributed by atoms with Crippen LogP contribution in [-0.2, 0) is 6.54 Å². The minimum Gasteiger partial charge on any atom is -0.477 e. The molecule has 0 spiro atoms. The van der Waals surface area contributed by atoms with Crippen LogP contribution < -0.4 is 0 Å². The largest absolute Gasteiger partial charge is 0.477 e. The van der Waals surface area contributed by atoms with Gasteiger partial charge in [0.2, 0.25) is 0 Å². The number of rotatable bonds is 3. The van der Waals surface area contributed by atoms with Crippen LogP contribution in [0.1, 0.15) is 24.3 Å². The molecule has 4 nitrogen and oxygen atoms in total. The smallest absolute Gasteiger partial charge is 0.354 e. The van der Waals surface area contributed by atoms with E-state index >= 15 is 0 Å². The summed E-state index contributed by atoms with van der Waals surface area (Å²) in [5, 5.41) is 12.6. The molecular weight excluding hydrogens is 156 g/mol. The molecule has 1 rings (SSSR count). The van der Waals surface area contributed by atoms with Crippen LogP contribution >= 0.6 is 0 Å². The Morgan fingerprint density at radius 3 is 2.92 bits per heavy atom. The van der Waals surface area contributed by atoms with Gasteiger partial charge in [-0.2, -0.15) is 5.10 Å². The maximum Gasteiger partial charge on any atom is 0.354 e. The lowest BCUT2D eigenvalue weighted by Crippen LogP contribution is -2.13. The van der Waals surface area contributed by atoms with E-state index in [-0.39, 0.29) is 5.69 Å². The number of nitrogens with zero attached hydrogens (tertiary/aromatic N) is 2. The molecule has 0 atom stereocenters. The van der Waals surface area contributed by atoms with E-state index in [9.17, 15) is 4.79 Å². The summed E-state index contributed by atoms with van der Waals surface area (Å²) in [6.45, 7) is 4.69. The number of carboxylic acids is 1. The van der Waals surface area contributed by atoms with E-state index in [1.807, 2.05) is 13.8 Å². The maximum atomic E-state index is 10.6. The summed E-state index contributed by atoms with van der Waals surface area (Å²) in [5.74, 6) is -0.517. The van der Waals surface area contributed by atoms with Gasteiger partial charge in [-0.15, -0.1) is 0 Å². The molecule has 0 radical (unpaired) electrons. The van der Waals surface area contributed by atoms with Crippen molar-refractivity contribution < 1.29 is 9.90 Å². The van der Waals surface area contributed by atoms with Gasteiger partial charge < -0.3 is 5.11 Å². The predicted octanol–water partition coefficient (Wildman–Crippen LogP) is 1.24. The minimum atomic E-state index is -0.923. The van der Waals surface area contributed by atoms with Crippen LogP contribution in [0.25, 0.3) is 0 Å². The van der Waals surface area contributed by atoms with Crippen LogP contribution in [0.5, 0.6) is 0 Å². The Morgan fingerprint density at radius 2 is 2.42 bits per heavy atom. The van der Waals surface area contributed by atoms with Gasteiger partial charge in [-0.05, 0) is 12.0 Å². The fourth-order valence-electron chi connectivity index (χ4n) is 1.01. The van der Waals surface area contributed by atoms with Crippen molar-refractivity contribution in [3.63, 3.8) is 0 Å². The van der Waals surface area contributed by atoms with E-state index in [0.717, 1.165) is 0 Å². The normalized spacial score (nSPS) is 10.6. The summed E-state index contributed by atoms with van der Waals surface area (Å²) in [7, 11) is 0. The maximum absolute atomic E-state index is 10.6. The highest BCUT2D eigenvalue weighted by atomic mass is 16.4. The van der Waals surface area contributed by atoms with Crippen molar-refractivity contribution in [2.45, 2.75) is 20.4 Å². The molecule has 1 aromatic rings. The third kappa shape index (κ3) is 1.84. The van der Waals surface area contributed by atoms with Gasteiger partial charge in [0.25, 0.3) is 0 Å². The van der Waals surface area contributed by atoms with Gasteiger partial charge >= 0.3 is 5.97 Å². The van der Waals surface area contributed by atoms with Gasteiger partial charge in [0.05, 0.1) is 0 Å². The van der Waals surface area contributed by atoms with Gasteiger partial charge in [-0.1, -0.05) is 13.8 Å². The number of carbonyl (C=O) groups is 1. The first-order valence-corrected chi connectivity index (χ1v) is 3.86. The topological polar surface area (TPSA) is 55.1 Å². The first kappa shape index (κ1) is 8.77. The molecule has 0 aliphatic heterocycles. The summed E-state index contributed by atoms with van der Waals surface area (Å²) in [6, 6.07) is 1.50. The summed E-state index contributed by atoms with van der Waals surface area (Å²) in [6.07, 6.45) is 1.51. The van der Waals surface area contributed by atoms with Crippen molar-refractivity contribution in [1.29, 1.82) is 0 Å². The summed E-state index contributed by atoms with van der Waals surface area (Å²) >= 11 is 0. The molecule has 0 aliphatic carbocycles. The summed E-state index contributed by atoms with van der Waals surface area (Å²) in [5.41, 5.74) is 0.253. The van der Waals surface area contributed by atoms with Gasteiger partial charge in [-0.3, -0.25) is 4.68 Å². The zero-order valence-corrected chi connectivity index (χ0v) is 7.19. The van der Waals surface area contributed by atoms with E-state index in [0.29, 0.717) is 12.5 Å². The number of hydrogen-bond acceptors (Lipinski definition) is 2. The highest BCUT2D eigenvalue weighted by molar-refractivity contribution is 5.85. The van der Waals surface area contributed by atoms with Gasteiger partial charge in [0.15, 0.2) is 0 Å². The molecule has 1 N–H and O–H groups in total. The lowest BCUT2D eigenvalue weighted by Gasteiger charge is -2.06. The molecule has 0 aromatic carbocycles. The number of hydrogen-bond donors (Lipinski definition) is 1. The molecular formula is C8H12N2O2. The molecule has 66 valence electrons. The van der Waals surface area contributed by atoms with E-state index < -0.39 is 5.97 Å². The minimum absolute atomic E-state index is 0.253. The quantitative estimate of drug-likeness (QED) is 0.738. The Morgan fingerprint density at radius 1 is 1.75 bits per heavy atom. The Balaban J connectivity index is 2.84. The molecule has 0 unspecified atom stereocenters. The SMILES string of the molecule is CC(C)Cn1nccc1C(=O)O. The lowest BCUT2D eigenvalue weighted by atomic mass is 10.2. The summed E-state index contributed by atoms with van der Waals surface area (Å²) in [4.78, 5) is 10.6. The number of aromatic nitrogens is 2. The second kappa shape index (κ2) is 3.38. The molecule has 4 heteroatoms. The molecule has 0 amide bonds. The lowest BCUT2D eigenvalue weighted by molar-refractivity contribution is 0.0682. The Bertz CT molecular complexity index is 278. The van der Waals surface area contributed by atoms with Crippen LogP contribution in [0.4, 0.5) is 0 Å². The van der Waals surface area contributed by atoms with E-state index in [1.165, 1.54) is 16.9 Å². The average molecular weight is 168 g/mol. The Hall–Kier alpha value is -1.32. The Kier molecular flexibility index (Phi) is 2.47. The first-order valence-electron chi connectivity index (χ1n) is 3.86. The highest BCUT2D eigenvalue weighted by Gasteiger charge is 2.10. The van der Waals surface area contributed by atoms with Crippen LogP contribution in [0, 0.1) is 5.92 Å². The molecule has 12 heavy (non-hydrogen) atoms. The van der Waals surface area contributed by atoms with Gasteiger partial charge in [-0.25, -0.2) is 4.79 Å². The van der Waals surface area contributed by atoms with Crippen molar-refractivity contribution in [3.8, 4) is 0 Å². The molecule has 0 saturated heterocycles. The standard InChI is InChI=1S/C8H12N2O2/c1-6(2)5-10-7(8(11)12)3-4-9-10/h3-4,6H,5H2,1-2H3,(H,11,12). The molecule has 0 saturated carbocycles. The monoisotopic (exact) mass is 168 g/mol. The number of carboxylic acid groups (broad SMARTS) is 1. The average Bonchev–Trinajstić information content (AvgIpc) is 2.33. The Labute approximate surface area is 70.8 Å². The van der Waals surface area contributed by atoms with E-state index in [2.05, 4.69) is 5.10 Å². The van der Waals surface area contributed by atoms with Crippen molar-refractivity contribution in [1.82, 2.24) is 9.78 Å². The third-order valence-corrected chi connectivity index (χ3v) is 1.47. The zero-order valence-electron chi connectivity index (χ0n) is 7.19. The predicted molar refractivity (Wildman–Crippen MR) is 44.0 cm³/mol. The fourth-order valence-corrected chi connectivity index (χ4v) is 1.01. The fraction of sp³-hybridized carbons (Fsp3) is 0.500. The van der Waals surface area contributed by atoms with Crippen molar-refractivity contribution in [2.24, 2.45) is 5.92 Å². The van der Waals surface area contributed by atoms with Crippen molar-refractivity contribution in [3.05, 3.63) is 18.0 Å². The number of aromatic carboxylic acids is 1. The van der Waals surface area contributed by atoms with Crippen molar-refractivity contribution in [2.75, 3.05) is 0 Å². The second-order valence-electron chi connectivity index (χ2n) is 3.10. The van der Waals surface area contributed by atoms with Crippen LogP contribution in [0.15, 0.2) is 12.3 Å². The van der Waals surface area contributed by atoms with Crippen LogP contribution in [-0.4, -0.2) is 20.9 Å². The van der Waals surface area contributed by atoms with E-state index in [4.69, 9.17) is 5.11 Å². The van der Waals surface area contributed by atoms with E-state index in [1.54, 1.807) is 0 Å².